The second-order valence-corrected chi connectivity index (χ2v) is 5.31. The monoisotopic (exact) mass is 318 g/mol. The Labute approximate surface area is 138 Å². The van der Waals surface area contributed by atoms with Crippen molar-refractivity contribution in [2.24, 2.45) is 0 Å². The molecule has 23 heavy (non-hydrogen) atoms. The van der Waals surface area contributed by atoms with Gasteiger partial charge in [-0.3, -0.25) is 9.78 Å². The van der Waals surface area contributed by atoms with Gasteiger partial charge in [0.15, 0.2) is 5.78 Å². The van der Waals surface area contributed by atoms with Gasteiger partial charge in [0.2, 0.25) is 0 Å². The third-order valence-electron chi connectivity index (χ3n) is 3.46. The molecule has 0 fully saturated rings. The Bertz CT molecular complexity index is 914. The number of carbonyl (C=O) groups excluding carboxylic acids is 1. The first-order valence-electron chi connectivity index (χ1n) is 6.95. The number of ketones is 1. The van der Waals surface area contributed by atoms with Gasteiger partial charge in [-0.05, 0) is 6.07 Å². The number of aromatic nitrogens is 1. The van der Waals surface area contributed by atoms with Gasteiger partial charge in [-0.2, -0.15) is 5.26 Å². The van der Waals surface area contributed by atoms with Crippen LogP contribution in [0.3, 0.4) is 0 Å². The molecule has 4 heteroatoms. The van der Waals surface area contributed by atoms with Crippen LogP contribution in [-0.4, -0.2) is 10.8 Å². The average molecular weight is 319 g/mol. The molecule has 0 saturated carbocycles. The Kier molecular flexibility index (Phi) is 4.18. The minimum atomic E-state index is -0.0866. The second kappa shape index (κ2) is 6.43. The summed E-state index contributed by atoms with van der Waals surface area (Å²) < 4.78 is 0. The summed E-state index contributed by atoms with van der Waals surface area (Å²) in [7, 11) is 0. The normalized spacial score (nSPS) is 10.1. The zero-order chi connectivity index (χ0) is 16.2. The number of benzene rings is 2. The highest BCUT2D eigenvalue weighted by atomic mass is 35.5. The summed E-state index contributed by atoms with van der Waals surface area (Å²) in [4.78, 5) is 17.0. The van der Waals surface area contributed by atoms with Crippen LogP contribution in [0.25, 0.3) is 11.3 Å². The Hall–Kier alpha value is -2.96. The molecule has 1 aromatic heterocycles. The molecule has 0 N–H and O–H groups in total. The summed E-state index contributed by atoms with van der Waals surface area (Å²) >= 11 is 5.93. The lowest BCUT2D eigenvalue weighted by atomic mass is 9.96. The van der Waals surface area contributed by atoms with Crippen LogP contribution in [-0.2, 0) is 0 Å². The van der Waals surface area contributed by atoms with Gasteiger partial charge in [-0.15, -0.1) is 0 Å². The number of rotatable bonds is 3. The van der Waals surface area contributed by atoms with Crippen LogP contribution in [0.4, 0.5) is 0 Å². The fraction of sp³-hybridized carbons (Fsp3) is 0. The van der Waals surface area contributed by atoms with Gasteiger partial charge in [0, 0.05) is 22.9 Å². The molecule has 0 atom stereocenters. The highest BCUT2D eigenvalue weighted by Crippen LogP contribution is 2.26. The van der Waals surface area contributed by atoms with Crippen molar-refractivity contribution in [1.29, 1.82) is 5.26 Å². The van der Waals surface area contributed by atoms with E-state index in [2.05, 4.69) is 4.98 Å². The smallest absolute Gasteiger partial charge is 0.193 e. The molecule has 0 unspecified atom stereocenters. The number of hydrogen-bond donors (Lipinski definition) is 0. The number of halogens is 1. The van der Waals surface area contributed by atoms with Gasteiger partial charge < -0.3 is 0 Å². The van der Waals surface area contributed by atoms with E-state index in [1.165, 1.54) is 6.20 Å². The van der Waals surface area contributed by atoms with Gasteiger partial charge in [0.25, 0.3) is 0 Å². The summed E-state index contributed by atoms with van der Waals surface area (Å²) in [6.45, 7) is 0. The molecule has 0 aliphatic carbocycles. The van der Waals surface area contributed by atoms with Crippen molar-refractivity contribution in [3.8, 4) is 17.3 Å². The summed E-state index contributed by atoms with van der Waals surface area (Å²) in [6.07, 6.45) is 1.43. The first kappa shape index (κ1) is 15.0. The summed E-state index contributed by atoms with van der Waals surface area (Å²) in [5, 5.41) is 9.41. The molecule has 0 aliphatic heterocycles. The fourth-order valence-electron chi connectivity index (χ4n) is 2.32. The number of hydrogen-bond acceptors (Lipinski definition) is 3. The third kappa shape index (κ3) is 2.98. The van der Waals surface area contributed by atoms with E-state index in [4.69, 9.17) is 16.9 Å². The van der Waals surface area contributed by atoms with E-state index in [0.717, 1.165) is 0 Å². The lowest BCUT2D eigenvalue weighted by molar-refractivity contribution is 0.103. The minimum Gasteiger partial charge on any atom is -0.289 e. The Morgan fingerprint density at radius 1 is 1.04 bits per heavy atom. The molecule has 0 amide bonds. The molecule has 3 nitrogen and oxygen atoms in total. The predicted molar refractivity (Wildman–Crippen MR) is 89.3 cm³/mol. The number of nitriles is 1. The van der Waals surface area contributed by atoms with Crippen LogP contribution >= 0.6 is 11.6 Å². The molecule has 0 saturated heterocycles. The maximum atomic E-state index is 12.7. The van der Waals surface area contributed by atoms with Crippen LogP contribution < -0.4 is 0 Å². The molecule has 0 bridgehead atoms. The minimum absolute atomic E-state index is 0.0866. The van der Waals surface area contributed by atoms with Crippen LogP contribution in [0, 0.1) is 11.3 Å². The maximum absolute atomic E-state index is 12.7. The van der Waals surface area contributed by atoms with Gasteiger partial charge in [0.05, 0.1) is 16.3 Å². The first-order chi connectivity index (χ1) is 11.2. The number of carbonyl (C=O) groups is 1. The van der Waals surface area contributed by atoms with Crippen molar-refractivity contribution < 1.29 is 4.79 Å². The highest BCUT2D eigenvalue weighted by Gasteiger charge is 2.15. The van der Waals surface area contributed by atoms with Crippen molar-refractivity contribution in [3.63, 3.8) is 0 Å². The van der Waals surface area contributed by atoms with E-state index >= 15 is 0 Å². The molecule has 0 spiro atoms. The van der Waals surface area contributed by atoms with Crippen LogP contribution in [0.15, 0.2) is 66.9 Å². The summed E-state index contributed by atoms with van der Waals surface area (Å²) in [6, 6.07) is 19.9. The number of nitrogens with zero attached hydrogens (tertiary/aromatic N) is 2. The second-order valence-electron chi connectivity index (χ2n) is 4.90. The van der Waals surface area contributed by atoms with Crippen molar-refractivity contribution in [3.05, 3.63) is 88.6 Å². The molecule has 3 rings (SSSR count). The van der Waals surface area contributed by atoms with Crippen molar-refractivity contribution in [2.45, 2.75) is 0 Å². The van der Waals surface area contributed by atoms with Crippen LogP contribution in [0.5, 0.6) is 0 Å². The fourth-order valence-corrected chi connectivity index (χ4v) is 2.47. The lowest BCUT2D eigenvalue weighted by Crippen LogP contribution is -2.04. The van der Waals surface area contributed by atoms with Crippen molar-refractivity contribution >= 4 is 17.4 Å². The Morgan fingerprint density at radius 3 is 2.48 bits per heavy atom. The first-order valence-corrected chi connectivity index (χ1v) is 7.33. The van der Waals surface area contributed by atoms with Gasteiger partial charge >= 0.3 is 0 Å². The summed E-state index contributed by atoms with van der Waals surface area (Å²) in [5.74, 6) is -0.0866. The highest BCUT2D eigenvalue weighted by molar-refractivity contribution is 6.31. The number of pyridine rings is 1. The molecule has 1 heterocycles. The third-order valence-corrected chi connectivity index (χ3v) is 3.76. The standard InChI is InChI=1S/C19H11ClN2O/c20-17-12-22-18(10-14(17)11-21)15-8-4-5-9-16(15)19(23)13-6-2-1-3-7-13/h1-10,12H. The molecular weight excluding hydrogens is 308 g/mol. The van der Waals surface area contributed by atoms with E-state index in [0.29, 0.717) is 33.0 Å². The molecule has 3 aromatic rings. The molecular formula is C19H11ClN2O. The van der Waals surface area contributed by atoms with E-state index < -0.39 is 0 Å². The van der Waals surface area contributed by atoms with Crippen LogP contribution in [0.2, 0.25) is 5.02 Å². The molecule has 2 aromatic carbocycles. The average Bonchev–Trinajstić information content (AvgIpc) is 2.62. The quantitative estimate of drug-likeness (QED) is 0.668. The van der Waals surface area contributed by atoms with Gasteiger partial charge in [-0.1, -0.05) is 66.2 Å². The van der Waals surface area contributed by atoms with Crippen molar-refractivity contribution in [2.75, 3.05) is 0 Å². The zero-order valence-corrected chi connectivity index (χ0v) is 12.8. The van der Waals surface area contributed by atoms with Gasteiger partial charge in [0.1, 0.15) is 6.07 Å². The Morgan fingerprint density at radius 2 is 1.74 bits per heavy atom. The van der Waals surface area contributed by atoms with Crippen molar-refractivity contribution in [1.82, 2.24) is 4.98 Å². The topological polar surface area (TPSA) is 53.8 Å². The van der Waals surface area contributed by atoms with Gasteiger partial charge in [-0.25, -0.2) is 0 Å². The van der Waals surface area contributed by atoms with E-state index in [1.807, 2.05) is 36.4 Å². The van der Waals surface area contributed by atoms with E-state index in [-0.39, 0.29) is 5.78 Å². The van der Waals surface area contributed by atoms with Crippen LogP contribution in [0.1, 0.15) is 21.5 Å². The molecule has 0 radical (unpaired) electrons. The Balaban J connectivity index is 2.12. The molecule has 0 aliphatic rings. The maximum Gasteiger partial charge on any atom is 0.193 e. The largest absolute Gasteiger partial charge is 0.289 e. The zero-order valence-electron chi connectivity index (χ0n) is 12.0. The lowest BCUT2D eigenvalue weighted by Gasteiger charge is -2.09. The SMILES string of the molecule is N#Cc1cc(-c2ccccc2C(=O)c2ccccc2)ncc1Cl. The summed E-state index contributed by atoms with van der Waals surface area (Å²) in [5.41, 5.74) is 2.70. The van der Waals surface area contributed by atoms with E-state index in [9.17, 15) is 4.79 Å². The molecule has 110 valence electrons. The predicted octanol–water partition coefficient (Wildman–Crippen LogP) is 4.50. The van der Waals surface area contributed by atoms with E-state index in [1.54, 1.807) is 30.3 Å².